The van der Waals surface area contributed by atoms with E-state index in [9.17, 15) is 0 Å². The second-order valence-corrected chi connectivity index (χ2v) is 6.05. The van der Waals surface area contributed by atoms with Gasteiger partial charge in [-0.2, -0.15) is 0 Å². The zero-order valence-electron chi connectivity index (χ0n) is 9.87. The smallest absolute Gasteiger partial charge is 0.0649 e. The predicted molar refractivity (Wildman–Crippen MR) is 80.8 cm³/mol. The van der Waals surface area contributed by atoms with Gasteiger partial charge in [-0.05, 0) is 48.2 Å². The van der Waals surface area contributed by atoms with Gasteiger partial charge in [0.1, 0.15) is 0 Å². The Hall–Kier alpha value is -0.600. The minimum atomic E-state index is 0.261. The highest BCUT2D eigenvalue weighted by molar-refractivity contribution is 9.10. The lowest BCUT2D eigenvalue weighted by Crippen LogP contribution is -1.98. The van der Waals surface area contributed by atoms with E-state index in [0.717, 1.165) is 4.47 Å². The summed E-state index contributed by atoms with van der Waals surface area (Å²) in [7, 11) is 0. The molecule has 0 N–H and O–H groups in total. The Kier molecular flexibility index (Phi) is 4.05. The van der Waals surface area contributed by atoms with Crippen LogP contribution in [0.25, 0.3) is 0 Å². The Morgan fingerprint density at radius 1 is 0.882 bits per heavy atom. The molecule has 2 aromatic carbocycles. The summed E-state index contributed by atoms with van der Waals surface area (Å²) >= 11 is 7.27. The van der Waals surface area contributed by atoms with Crippen molar-refractivity contribution in [3.63, 3.8) is 0 Å². The highest BCUT2D eigenvalue weighted by atomic mass is 79.9. The van der Waals surface area contributed by atoms with E-state index >= 15 is 0 Å². The van der Waals surface area contributed by atoms with Gasteiger partial charge in [0.2, 0.25) is 0 Å². The van der Waals surface area contributed by atoms with E-state index in [1.165, 1.54) is 22.3 Å². The molecule has 0 aliphatic carbocycles. The third kappa shape index (κ3) is 2.80. The van der Waals surface area contributed by atoms with Crippen LogP contribution >= 0.6 is 31.9 Å². The van der Waals surface area contributed by atoms with Gasteiger partial charge < -0.3 is 0 Å². The molecule has 2 heteroatoms. The fourth-order valence-electron chi connectivity index (χ4n) is 2.03. The van der Waals surface area contributed by atoms with Crippen LogP contribution in [-0.4, -0.2) is 0 Å². The summed E-state index contributed by atoms with van der Waals surface area (Å²) in [6.07, 6.45) is 0. The van der Waals surface area contributed by atoms with Crippen molar-refractivity contribution in [2.24, 2.45) is 0 Å². The molecule has 0 bridgehead atoms. The summed E-state index contributed by atoms with van der Waals surface area (Å²) in [5, 5.41) is 0. The molecule has 0 heterocycles. The van der Waals surface area contributed by atoms with Crippen molar-refractivity contribution in [3.8, 4) is 0 Å². The monoisotopic (exact) mass is 352 g/mol. The molecule has 17 heavy (non-hydrogen) atoms. The minimum absolute atomic E-state index is 0.261. The molecule has 0 spiro atoms. The summed E-state index contributed by atoms with van der Waals surface area (Å²) in [5.74, 6) is 0. The maximum atomic E-state index is 3.80. The van der Waals surface area contributed by atoms with Crippen LogP contribution in [0.2, 0.25) is 0 Å². The molecular weight excluding hydrogens is 340 g/mol. The van der Waals surface area contributed by atoms with Gasteiger partial charge >= 0.3 is 0 Å². The number of aryl methyl sites for hydroxylation is 2. The lowest BCUT2D eigenvalue weighted by atomic mass is 9.96. The van der Waals surface area contributed by atoms with Crippen LogP contribution in [0, 0.1) is 13.8 Å². The van der Waals surface area contributed by atoms with Crippen LogP contribution in [0.4, 0.5) is 0 Å². The van der Waals surface area contributed by atoms with E-state index < -0.39 is 0 Å². The third-order valence-electron chi connectivity index (χ3n) is 2.96. The molecule has 0 radical (unpaired) electrons. The van der Waals surface area contributed by atoms with Gasteiger partial charge in [0.15, 0.2) is 0 Å². The van der Waals surface area contributed by atoms with Crippen molar-refractivity contribution in [2.45, 2.75) is 18.7 Å². The highest BCUT2D eigenvalue weighted by Crippen LogP contribution is 2.35. The molecule has 0 aliphatic rings. The molecule has 0 fully saturated rings. The standard InChI is InChI=1S/C15H14Br2/c1-10-4-3-5-11(2)14(10)15(17)12-6-8-13(16)9-7-12/h3-9,15H,1-2H3. The van der Waals surface area contributed by atoms with E-state index in [1.807, 2.05) is 0 Å². The largest absolute Gasteiger partial charge is 0.0786 e. The topological polar surface area (TPSA) is 0 Å². The number of hydrogen-bond donors (Lipinski definition) is 0. The summed E-state index contributed by atoms with van der Waals surface area (Å²) in [5.41, 5.74) is 5.31. The van der Waals surface area contributed by atoms with Gasteiger partial charge in [0.05, 0.1) is 4.83 Å². The summed E-state index contributed by atoms with van der Waals surface area (Å²) in [6.45, 7) is 4.32. The minimum Gasteiger partial charge on any atom is -0.0786 e. The van der Waals surface area contributed by atoms with Crippen LogP contribution in [0.5, 0.6) is 0 Å². The quantitative estimate of drug-likeness (QED) is 0.621. The van der Waals surface area contributed by atoms with Gasteiger partial charge in [-0.3, -0.25) is 0 Å². The average Bonchev–Trinajstić information content (AvgIpc) is 2.29. The van der Waals surface area contributed by atoms with Gasteiger partial charge in [-0.15, -0.1) is 0 Å². The molecule has 0 nitrogen and oxygen atoms in total. The Morgan fingerprint density at radius 3 is 1.94 bits per heavy atom. The lowest BCUT2D eigenvalue weighted by molar-refractivity contribution is 1.11. The van der Waals surface area contributed by atoms with Crippen molar-refractivity contribution in [1.82, 2.24) is 0 Å². The van der Waals surface area contributed by atoms with Gasteiger partial charge in [-0.25, -0.2) is 0 Å². The van der Waals surface area contributed by atoms with Crippen LogP contribution in [-0.2, 0) is 0 Å². The van der Waals surface area contributed by atoms with Crippen molar-refractivity contribution in [2.75, 3.05) is 0 Å². The molecule has 2 rings (SSSR count). The molecule has 0 amide bonds. The maximum absolute atomic E-state index is 3.80. The summed E-state index contributed by atoms with van der Waals surface area (Å²) in [6, 6.07) is 14.9. The third-order valence-corrected chi connectivity index (χ3v) is 4.47. The molecule has 0 saturated heterocycles. The van der Waals surface area contributed by atoms with Gasteiger partial charge in [0.25, 0.3) is 0 Å². The van der Waals surface area contributed by atoms with Crippen molar-refractivity contribution >= 4 is 31.9 Å². The summed E-state index contributed by atoms with van der Waals surface area (Å²) < 4.78 is 1.11. The highest BCUT2D eigenvalue weighted by Gasteiger charge is 2.14. The fourth-order valence-corrected chi connectivity index (χ4v) is 3.32. The average molecular weight is 354 g/mol. The lowest BCUT2D eigenvalue weighted by Gasteiger charge is -2.16. The van der Waals surface area contributed by atoms with Crippen molar-refractivity contribution in [3.05, 3.63) is 69.2 Å². The van der Waals surface area contributed by atoms with Crippen LogP contribution in [0.3, 0.4) is 0 Å². The first-order valence-corrected chi connectivity index (χ1v) is 7.26. The van der Waals surface area contributed by atoms with E-state index in [2.05, 4.69) is 88.2 Å². The number of halogens is 2. The van der Waals surface area contributed by atoms with Gasteiger partial charge in [-0.1, -0.05) is 62.2 Å². The normalized spacial score (nSPS) is 12.5. The summed E-state index contributed by atoms with van der Waals surface area (Å²) in [4.78, 5) is 0.261. The molecular formula is C15H14Br2. The predicted octanol–water partition coefficient (Wildman–Crippen LogP) is 5.55. The Balaban J connectivity index is 2.43. The maximum Gasteiger partial charge on any atom is 0.0649 e. The number of alkyl halides is 1. The molecule has 0 aromatic heterocycles. The van der Waals surface area contributed by atoms with E-state index in [0.29, 0.717) is 0 Å². The molecule has 1 atom stereocenters. The second-order valence-electron chi connectivity index (χ2n) is 4.22. The first-order valence-electron chi connectivity index (χ1n) is 5.55. The number of rotatable bonds is 2. The zero-order valence-corrected chi connectivity index (χ0v) is 13.0. The van der Waals surface area contributed by atoms with Crippen LogP contribution in [0.1, 0.15) is 27.1 Å². The Morgan fingerprint density at radius 2 is 1.41 bits per heavy atom. The van der Waals surface area contributed by atoms with Crippen LogP contribution < -0.4 is 0 Å². The van der Waals surface area contributed by atoms with Gasteiger partial charge in [0, 0.05) is 4.47 Å². The van der Waals surface area contributed by atoms with Crippen LogP contribution in [0.15, 0.2) is 46.9 Å². The number of benzene rings is 2. The molecule has 88 valence electrons. The Labute approximate surface area is 119 Å². The SMILES string of the molecule is Cc1cccc(C)c1C(Br)c1ccc(Br)cc1. The fraction of sp³-hybridized carbons (Fsp3) is 0.200. The first-order chi connectivity index (χ1) is 8.09. The molecule has 2 aromatic rings. The zero-order chi connectivity index (χ0) is 12.4. The second kappa shape index (κ2) is 5.36. The van der Waals surface area contributed by atoms with E-state index in [-0.39, 0.29) is 4.83 Å². The first kappa shape index (κ1) is 12.8. The van der Waals surface area contributed by atoms with Crippen molar-refractivity contribution in [1.29, 1.82) is 0 Å². The molecule has 1 unspecified atom stereocenters. The molecule has 0 saturated carbocycles. The van der Waals surface area contributed by atoms with E-state index in [4.69, 9.17) is 0 Å². The van der Waals surface area contributed by atoms with E-state index in [1.54, 1.807) is 0 Å². The Bertz CT molecular complexity index is 495. The molecule has 0 aliphatic heterocycles. The van der Waals surface area contributed by atoms with Crippen molar-refractivity contribution < 1.29 is 0 Å². The number of hydrogen-bond acceptors (Lipinski definition) is 0.